The zero-order chi connectivity index (χ0) is 22.9. The van der Waals surface area contributed by atoms with Crippen LogP contribution >= 0.6 is 0 Å². The summed E-state index contributed by atoms with van der Waals surface area (Å²) in [5.74, 6) is 1.37. The molecule has 1 aliphatic carbocycles. The number of carbonyl (C=O) groups excluding carboxylic acids is 2. The summed E-state index contributed by atoms with van der Waals surface area (Å²) < 4.78 is 11.8. The molecule has 1 fully saturated rings. The second-order valence-electron chi connectivity index (χ2n) is 9.58. The highest BCUT2D eigenvalue weighted by molar-refractivity contribution is 5.88. The molecule has 2 amide bonds. The molecular weight excluding hydrogens is 416 g/mol. The van der Waals surface area contributed by atoms with Gasteiger partial charge in [-0.3, -0.25) is 9.59 Å². The van der Waals surface area contributed by atoms with Crippen molar-refractivity contribution < 1.29 is 19.1 Å². The van der Waals surface area contributed by atoms with Crippen LogP contribution in [0, 0.1) is 25.7 Å². The van der Waals surface area contributed by atoms with Crippen molar-refractivity contribution in [2.75, 3.05) is 26.3 Å². The first-order valence-electron chi connectivity index (χ1n) is 12.0. The van der Waals surface area contributed by atoms with Gasteiger partial charge in [-0.2, -0.15) is 0 Å². The molecule has 6 nitrogen and oxygen atoms in total. The lowest BCUT2D eigenvalue weighted by Crippen LogP contribution is -2.44. The lowest BCUT2D eigenvalue weighted by Gasteiger charge is -2.30. The first-order chi connectivity index (χ1) is 16.0. The van der Waals surface area contributed by atoms with Gasteiger partial charge in [0.15, 0.2) is 0 Å². The first-order valence-corrected chi connectivity index (χ1v) is 12.0. The molecule has 2 aromatic rings. The summed E-state index contributed by atoms with van der Waals surface area (Å²) in [6.07, 6.45) is 2.45. The summed E-state index contributed by atoms with van der Waals surface area (Å²) in [6.45, 7) is 7.23. The normalized spacial score (nSPS) is 22.4. The molecule has 0 radical (unpaired) electrons. The number of hydrogen-bond donors (Lipinski definition) is 0. The summed E-state index contributed by atoms with van der Waals surface area (Å²) in [5, 5.41) is 0. The van der Waals surface area contributed by atoms with E-state index in [-0.39, 0.29) is 23.7 Å². The molecule has 2 aromatic carbocycles. The fraction of sp³-hybridized carbons (Fsp3) is 0.481. The second kappa shape index (κ2) is 9.08. The van der Waals surface area contributed by atoms with Crippen LogP contribution in [-0.4, -0.2) is 47.9 Å². The number of aryl methyl sites for hydroxylation is 2. The molecule has 6 heteroatoms. The number of fused-ring (bicyclic) bond motifs is 2. The Balaban J connectivity index is 1.32. The number of nitrogens with zero attached hydrogens (tertiary/aromatic N) is 2. The van der Waals surface area contributed by atoms with Gasteiger partial charge in [-0.1, -0.05) is 41.8 Å². The minimum atomic E-state index is -0.259. The van der Waals surface area contributed by atoms with E-state index in [4.69, 9.17) is 9.47 Å². The van der Waals surface area contributed by atoms with E-state index in [0.717, 1.165) is 53.0 Å². The molecule has 2 atom stereocenters. The Kier molecular flexibility index (Phi) is 6.00. The molecule has 0 N–H and O–H groups in total. The number of amides is 2. The van der Waals surface area contributed by atoms with Crippen molar-refractivity contribution in [2.45, 2.75) is 46.2 Å². The van der Waals surface area contributed by atoms with E-state index in [1.54, 1.807) is 0 Å². The van der Waals surface area contributed by atoms with Crippen LogP contribution in [0.2, 0.25) is 0 Å². The summed E-state index contributed by atoms with van der Waals surface area (Å²) in [7, 11) is 0. The molecular formula is C27H32N2O4. The number of ether oxygens (including phenoxy) is 2. The Morgan fingerprint density at radius 1 is 0.758 bits per heavy atom. The topological polar surface area (TPSA) is 59.1 Å². The third kappa shape index (κ3) is 4.43. The quantitative estimate of drug-likeness (QED) is 0.700. The average molecular weight is 449 g/mol. The van der Waals surface area contributed by atoms with Gasteiger partial charge in [0.2, 0.25) is 11.8 Å². The molecule has 3 aliphatic rings. The van der Waals surface area contributed by atoms with E-state index >= 15 is 0 Å². The van der Waals surface area contributed by atoms with E-state index in [2.05, 4.69) is 12.1 Å². The molecule has 33 heavy (non-hydrogen) atoms. The van der Waals surface area contributed by atoms with Gasteiger partial charge in [0, 0.05) is 36.1 Å². The maximum absolute atomic E-state index is 13.6. The highest BCUT2D eigenvalue weighted by atomic mass is 16.5. The molecule has 2 unspecified atom stereocenters. The Hall–Kier alpha value is -3.02. The lowest BCUT2D eigenvalue weighted by atomic mass is 9.92. The van der Waals surface area contributed by atoms with Crippen molar-refractivity contribution in [3.8, 4) is 11.5 Å². The van der Waals surface area contributed by atoms with Crippen molar-refractivity contribution in [1.29, 1.82) is 0 Å². The van der Waals surface area contributed by atoms with Crippen LogP contribution < -0.4 is 9.47 Å². The van der Waals surface area contributed by atoms with Crippen molar-refractivity contribution in [2.24, 2.45) is 11.8 Å². The van der Waals surface area contributed by atoms with Crippen LogP contribution in [0.25, 0.3) is 0 Å². The maximum Gasteiger partial charge on any atom is 0.226 e. The van der Waals surface area contributed by atoms with Gasteiger partial charge in [0.25, 0.3) is 0 Å². The second-order valence-corrected chi connectivity index (χ2v) is 9.58. The monoisotopic (exact) mass is 448 g/mol. The molecule has 1 saturated carbocycles. The van der Waals surface area contributed by atoms with E-state index < -0.39 is 0 Å². The smallest absolute Gasteiger partial charge is 0.226 e. The predicted molar refractivity (Wildman–Crippen MR) is 125 cm³/mol. The third-order valence-corrected chi connectivity index (χ3v) is 7.17. The Morgan fingerprint density at radius 3 is 1.67 bits per heavy atom. The molecule has 0 spiro atoms. The minimum absolute atomic E-state index is 0.0890. The minimum Gasteiger partial charge on any atom is -0.491 e. The highest BCUT2D eigenvalue weighted by Gasteiger charge is 2.42. The number of carbonyl (C=O) groups is 2. The number of rotatable bonds is 2. The van der Waals surface area contributed by atoms with Crippen LogP contribution in [-0.2, 0) is 22.7 Å². The molecule has 0 saturated heterocycles. The van der Waals surface area contributed by atoms with Crippen molar-refractivity contribution in [3.63, 3.8) is 0 Å². The molecule has 2 heterocycles. The van der Waals surface area contributed by atoms with Crippen LogP contribution in [0.3, 0.4) is 0 Å². The molecule has 0 bridgehead atoms. The number of benzene rings is 2. The van der Waals surface area contributed by atoms with Gasteiger partial charge in [-0.25, -0.2) is 0 Å². The third-order valence-electron chi connectivity index (χ3n) is 7.17. The van der Waals surface area contributed by atoms with E-state index in [1.807, 2.05) is 47.9 Å². The van der Waals surface area contributed by atoms with Gasteiger partial charge in [0.05, 0.1) is 13.1 Å². The molecule has 2 aliphatic heterocycles. The van der Waals surface area contributed by atoms with E-state index in [0.29, 0.717) is 39.4 Å². The van der Waals surface area contributed by atoms with Crippen LogP contribution in [0.15, 0.2) is 36.4 Å². The van der Waals surface area contributed by atoms with Crippen LogP contribution in [0.1, 0.15) is 41.5 Å². The molecule has 0 aromatic heterocycles. The lowest BCUT2D eigenvalue weighted by molar-refractivity contribution is -0.145. The Labute approximate surface area is 195 Å². The fourth-order valence-corrected chi connectivity index (χ4v) is 5.44. The van der Waals surface area contributed by atoms with Gasteiger partial charge >= 0.3 is 0 Å². The van der Waals surface area contributed by atoms with Gasteiger partial charge in [-0.05, 0) is 38.8 Å². The average Bonchev–Trinajstić information content (AvgIpc) is 3.06. The van der Waals surface area contributed by atoms with Crippen molar-refractivity contribution in [1.82, 2.24) is 9.80 Å². The summed E-state index contributed by atoms with van der Waals surface area (Å²) in [6, 6.07) is 12.2. The summed E-state index contributed by atoms with van der Waals surface area (Å²) >= 11 is 0. The Morgan fingerprint density at radius 2 is 1.21 bits per heavy atom. The SMILES string of the molecule is Cc1ccc2c(c1)CN(C(=O)C1CCCC1C(=O)N1CCOc3ccc(C)cc3C1)CCO2. The van der Waals surface area contributed by atoms with Gasteiger partial charge in [-0.15, -0.1) is 0 Å². The van der Waals surface area contributed by atoms with E-state index in [9.17, 15) is 9.59 Å². The van der Waals surface area contributed by atoms with Crippen molar-refractivity contribution in [3.05, 3.63) is 58.7 Å². The predicted octanol–water partition coefficient (Wildman–Crippen LogP) is 3.86. The van der Waals surface area contributed by atoms with E-state index in [1.165, 1.54) is 0 Å². The zero-order valence-corrected chi connectivity index (χ0v) is 19.5. The summed E-state index contributed by atoms with van der Waals surface area (Å²) in [5.41, 5.74) is 4.38. The molecule has 174 valence electrons. The first kappa shape index (κ1) is 21.8. The van der Waals surface area contributed by atoms with Gasteiger partial charge < -0.3 is 19.3 Å². The standard InChI is InChI=1S/C27H32N2O4/c1-18-6-8-24-20(14-18)16-28(10-12-32-24)26(30)22-4-3-5-23(22)27(31)29-11-13-33-25-9-7-19(2)15-21(25)17-29/h6-9,14-15,22-23H,3-5,10-13,16-17H2,1-2H3. The highest BCUT2D eigenvalue weighted by Crippen LogP contribution is 2.37. The van der Waals surface area contributed by atoms with Crippen molar-refractivity contribution >= 4 is 11.8 Å². The summed E-state index contributed by atoms with van der Waals surface area (Å²) in [4.78, 5) is 31.1. The maximum atomic E-state index is 13.6. The molecule has 5 rings (SSSR count). The number of hydrogen-bond acceptors (Lipinski definition) is 4. The largest absolute Gasteiger partial charge is 0.491 e. The van der Waals surface area contributed by atoms with Gasteiger partial charge in [0.1, 0.15) is 24.7 Å². The van der Waals surface area contributed by atoms with Crippen LogP contribution in [0.5, 0.6) is 11.5 Å². The zero-order valence-electron chi connectivity index (χ0n) is 19.5. The fourth-order valence-electron chi connectivity index (χ4n) is 5.44. The van der Waals surface area contributed by atoms with Crippen LogP contribution in [0.4, 0.5) is 0 Å². The Bertz CT molecular complexity index is 983.